The Kier molecular flexibility index (Phi) is 3.77. The molecule has 2 aromatic rings. The zero-order chi connectivity index (χ0) is 12.1. The van der Waals surface area contributed by atoms with Crippen molar-refractivity contribution in [3.05, 3.63) is 24.3 Å². The Hall–Kier alpha value is -1.82. The van der Waals surface area contributed by atoms with Gasteiger partial charge in [0.2, 0.25) is 0 Å². The fourth-order valence-corrected chi connectivity index (χ4v) is 1.84. The minimum absolute atomic E-state index is 0.185. The second kappa shape index (κ2) is 5.49. The number of nitrogens with zero attached hydrogens (tertiary/aromatic N) is 2. The molecular weight excluding hydrogens is 238 g/mol. The summed E-state index contributed by atoms with van der Waals surface area (Å²) in [6, 6.07) is 7.48. The van der Waals surface area contributed by atoms with E-state index >= 15 is 0 Å². The summed E-state index contributed by atoms with van der Waals surface area (Å²) in [5, 5.41) is 4.13. The first-order chi connectivity index (χ1) is 8.29. The van der Waals surface area contributed by atoms with Crippen molar-refractivity contribution in [1.29, 1.82) is 0 Å². The van der Waals surface area contributed by atoms with E-state index in [1.165, 1.54) is 18.0 Å². The van der Waals surface area contributed by atoms with Crippen molar-refractivity contribution in [2.45, 2.75) is 12.1 Å². The largest absolute Gasteiger partial charge is 0.431 e. The lowest BCUT2D eigenvalue weighted by molar-refractivity contribution is -0.118. The van der Waals surface area contributed by atoms with Crippen LogP contribution in [-0.2, 0) is 4.79 Å². The predicted molar refractivity (Wildman–Crippen MR) is 67.0 cm³/mol. The molecule has 0 radical (unpaired) electrons. The number of carbonyl (C=O) groups is 1. The number of hydrogen-bond donors (Lipinski definition) is 1. The van der Waals surface area contributed by atoms with Gasteiger partial charge in [0.1, 0.15) is 5.52 Å². The summed E-state index contributed by atoms with van der Waals surface area (Å²) >= 11 is 1.24. The monoisotopic (exact) mass is 249 g/mol. The maximum absolute atomic E-state index is 11.3. The van der Waals surface area contributed by atoms with Gasteiger partial charge in [-0.15, -0.1) is 0 Å². The van der Waals surface area contributed by atoms with Crippen molar-refractivity contribution < 1.29 is 9.21 Å². The molecule has 0 aliphatic rings. The Bertz CT molecular complexity index is 517. The number of fused-ring (bicyclic) bond motifs is 1. The van der Waals surface area contributed by atoms with E-state index in [2.05, 4.69) is 15.5 Å². The SMILES string of the molecule is C/C=N/NC(=O)CSc1nc2ccccc2o1. The summed E-state index contributed by atoms with van der Waals surface area (Å²) in [4.78, 5) is 15.5. The molecule has 0 fully saturated rings. The van der Waals surface area contributed by atoms with Crippen molar-refractivity contribution in [2.24, 2.45) is 5.10 Å². The van der Waals surface area contributed by atoms with Gasteiger partial charge < -0.3 is 4.42 Å². The number of amides is 1. The zero-order valence-electron chi connectivity index (χ0n) is 9.21. The van der Waals surface area contributed by atoms with Gasteiger partial charge >= 0.3 is 0 Å². The number of oxazole rings is 1. The molecule has 0 atom stereocenters. The van der Waals surface area contributed by atoms with Gasteiger partial charge in [-0.3, -0.25) is 4.79 Å². The first-order valence-electron chi connectivity index (χ1n) is 5.04. The summed E-state index contributed by atoms with van der Waals surface area (Å²) in [6.07, 6.45) is 1.52. The second-order valence-corrected chi connectivity index (χ2v) is 4.09. The topological polar surface area (TPSA) is 67.5 Å². The number of thioether (sulfide) groups is 1. The molecule has 1 heterocycles. The highest BCUT2D eigenvalue weighted by Gasteiger charge is 2.08. The molecule has 0 saturated carbocycles. The average Bonchev–Trinajstić information content (AvgIpc) is 2.76. The summed E-state index contributed by atoms with van der Waals surface area (Å²) in [5.41, 5.74) is 3.89. The van der Waals surface area contributed by atoms with Crippen molar-refractivity contribution in [2.75, 3.05) is 5.75 Å². The molecule has 0 spiro atoms. The van der Waals surface area contributed by atoms with Gasteiger partial charge in [0, 0.05) is 6.21 Å². The third-order valence-electron chi connectivity index (χ3n) is 1.92. The first kappa shape index (κ1) is 11.7. The molecule has 0 saturated heterocycles. The van der Waals surface area contributed by atoms with Crippen LogP contribution in [0, 0.1) is 0 Å². The van der Waals surface area contributed by atoms with Gasteiger partial charge in [-0.2, -0.15) is 5.10 Å². The maximum atomic E-state index is 11.3. The Labute approximate surface area is 102 Å². The van der Waals surface area contributed by atoms with Crippen LogP contribution in [0.1, 0.15) is 6.92 Å². The molecule has 88 valence electrons. The third-order valence-corrected chi connectivity index (χ3v) is 2.75. The number of para-hydroxylation sites is 2. The molecule has 1 aromatic heterocycles. The first-order valence-corrected chi connectivity index (χ1v) is 6.03. The molecule has 1 N–H and O–H groups in total. The molecule has 0 aliphatic carbocycles. The number of rotatable bonds is 4. The van der Waals surface area contributed by atoms with Gasteiger partial charge in [-0.1, -0.05) is 23.9 Å². The molecule has 2 rings (SSSR count). The maximum Gasteiger partial charge on any atom is 0.257 e. The van der Waals surface area contributed by atoms with Crippen molar-refractivity contribution in [3.63, 3.8) is 0 Å². The highest BCUT2D eigenvalue weighted by atomic mass is 32.2. The molecule has 6 heteroatoms. The summed E-state index contributed by atoms with van der Waals surface area (Å²) in [5.74, 6) is 0.0415. The van der Waals surface area contributed by atoms with Crippen LogP contribution in [0.3, 0.4) is 0 Å². The van der Waals surface area contributed by atoms with Crippen LogP contribution in [0.25, 0.3) is 11.1 Å². The number of hydrazone groups is 1. The van der Waals surface area contributed by atoms with Crippen LogP contribution in [0.2, 0.25) is 0 Å². The molecular formula is C11H11N3O2S. The lowest BCUT2D eigenvalue weighted by Crippen LogP contribution is -2.19. The van der Waals surface area contributed by atoms with Gasteiger partial charge in [-0.05, 0) is 19.1 Å². The van der Waals surface area contributed by atoms with Gasteiger partial charge in [0.25, 0.3) is 11.1 Å². The lowest BCUT2D eigenvalue weighted by atomic mass is 10.3. The number of aromatic nitrogens is 1. The molecule has 17 heavy (non-hydrogen) atoms. The van der Waals surface area contributed by atoms with Crippen molar-refractivity contribution in [1.82, 2.24) is 10.4 Å². The fraction of sp³-hybridized carbons (Fsp3) is 0.182. The standard InChI is InChI=1S/C11H11N3O2S/c1-2-12-14-10(15)7-17-11-13-8-5-3-4-6-9(8)16-11/h2-6H,7H2,1H3,(H,14,15)/b12-2+. The van der Waals surface area contributed by atoms with Gasteiger partial charge in [0.05, 0.1) is 5.75 Å². The lowest BCUT2D eigenvalue weighted by Gasteiger charge is -1.95. The van der Waals surface area contributed by atoms with Crippen molar-refractivity contribution >= 4 is 35.0 Å². The molecule has 1 amide bonds. The van der Waals surface area contributed by atoms with E-state index in [0.29, 0.717) is 5.22 Å². The summed E-state index contributed by atoms with van der Waals surface area (Å²) < 4.78 is 5.46. The van der Waals surface area contributed by atoms with Crippen LogP contribution >= 0.6 is 11.8 Å². The number of hydrogen-bond acceptors (Lipinski definition) is 5. The van der Waals surface area contributed by atoms with Crippen LogP contribution in [0.15, 0.2) is 39.0 Å². The minimum atomic E-state index is -0.185. The van der Waals surface area contributed by atoms with E-state index in [4.69, 9.17) is 4.42 Å². The smallest absolute Gasteiger partial charge is 0.257 e. The quantitative estimate of drug-likeness (QED) is 0.511. The van der Waals surface area contributed by atoms with Crippen LogP contribution in [0.5, 0.6) is 0 Å². The fourth-order valence-electron chi connectivity index (χ4n) is 1.21. The Morgan fingerprint density at radius 2 is 2.41 bits per heavy atom. The number of nitrogens with one attached hydrogen (secondary N) is 1. The van der Waals surface area contributed by atoms with Gasteiger partial charge in [-0.25, -0.2) is 10.4 Å². The third kappa shape index (κ3) is 3.07. The van der Waals surface area contributed by atoms with E-state index in [-0.39, 0.29) is 11.7 Å². The predicted octanol–water partition coefficient (Wildman–Crippen LogP) is 2.04. The molecule has 5 nitrogen and oxygen atoms in total. The van der Waals surface area contributed by atoms with E-state index in [0.717, 1.165) is 11.1 Å². The zero-order valence-corrected chi connectivity index (χ0v) is 10.0. The Morgan fingerprint density at radius 3 is 3.18 bits per heavy atom. The van der Waals surface area contributed by atoms with Crippen LogP contribution in [0.4, 0.5) is 0 Å². The average molecular weight is 249 g/mol. The number of carbonyl (C=O) groups excluding carboxylic acids is 1. The molecule has 0 bridgehead atoms. The molecule has 0 aliphatic heterocycles. The van der Waals surface area contributed by atoms with E-state index in [9.17, 15) is 4.79 Å². The van der Waals surface area contributed by atoms with Gasteiger partial charge in [0.15, 0.2) is 5.58 Å². The summed E-state index contributed by atoms with van der Waals surface area (Å²) in [6.45, 7) is 1.73. The molecule has 1 aromatic carbocycles. The Morgan fingerprint density at radius 1 is 1.59 bits per heavy atom. The molecule has 0 unspecified atom stereocenters. The normalized spacial score (nSPS) is 11.1. The highest BCUT2D eigenvalue weighted by Crippen LogP contribution is 2.22. The highest BCUT2D eigenvalue weighted by molar-refractivity contribution is 7.99. The second-order valence-electron chi connectivity index (χ2n) is 3.16. The number of benzene rings is 1. The Balaban J connectivity index is 1.97. The van der Waals surface area contributed by atoms with E-state index in [1.807, 2.05) is 24.3 Å². The van der Waals surface area contributed by atoms with E-state index < -0.39 is 0 Å². The summed E-state index contributed by atoms with van der Waals surface area (Å²) in [7, 11) is 0. The van der Waals surface area contributed by atoms with Crippen molar-refractivity contribution in [3.8, 4) is 0 Å². The van der Waals surface area contributed by atoms with E-state index in [1.54, 1.807) is 6.92 Å². The minimum Gasteiger partial charge on any atom is -0.431 e. The van der Waals surface area contributed by atoms with Crippen LogP contribution in [-0.4, -0.2) is 22.9 Å². The van der Waals surface area contributed by atoms with Crippen LogP contribution < -0.4 is 5.43 Å².